The van der Waals surface area contributed by atoms with E-state index >= 15 is 0 Å². The van der Waals surface area contributed by atoms with Gasteiger partial charge in [-0.2, -0.15) is 0 Å². The molecule has 0 bridgehead atoms. The Morgan fingerprint density at radius 2 is 1.51 bits per heavy atom. The molecule has 0 unspecified atom stereocenters. The number of pyridine rings is 2. The predicted molar refractivity (Wildman–Crippen MR) is 199 cm³/mol. The largest absolute Gasteiger partial charge is 0 e. The Labute approximate surface area is 305 Å². The number of hydrogen-bond donors (Lipinski definition) is 0. The van der Waals surface area contributed by atoms with Crippen LogP contribution in [0.5, 0.6) is 0 Å². The molecule has 7 aromatic rings. The van der Waals surface area contributed by atoms with Crippen LogP contribution in [0.25, 0.3) is 55.6 Å². The summed E-state index contributed by atoms with van der Waals surface area (Å²) in [5, 5.41) is 1.86. The molecule has 3 nitrogen and oxygen atoms in total. The van der Waals surface area contributed by atoms with Crippen LogP contribution < -0.4 is 13.2 Å². The zero-order valence-electron chi connectivity index (χ0n) is 33.0. The molecule has 3 aromatic heterocycles. The molecular weight excluding hydrogens is 874 g/mol. The third-order valence-corrected chi connectivity index (χ3v) is 20.6. The van der Waals surface area contributed by atoms with E-state index < -0.39 is 40.2 Å². The second-order valence-corrected chi connectivity index (χ2v) is 33.1. The Kier molecular flexibility index (Phi) is 7.35. The maximum absolute atomic E-state index is 7.90. The minimum absolute atomic E-state index is 0. The third-order valence-electron chi connectivity index (χ3n) is 8.91. The Bertz CT molecular complexity index is 2450. The molecule has 0 atom stereocenters. The van der Waals surface area contributed by atoms with Crippen LogP contribution in [0, 0.1) is 25.8 Å². The first kappa shape index (κ1) is 26.6. The molecule has 4 aromatic carbocycles. The summed E-state index contributed by atoms with van der Waals surface area (Å²) in [7, 11) is 0. The smallest absolute Gasteiger partial charge is 0 e. The van der Waals surface area contributed by atoms with Crippen molar-refractivity contribution < 1.29 is 32.7 Å². The monoisotopic (exact) mass is 921 g/mol. The van der Waals surface area contributed by atoms with Crippen molar-refractivity contribution in [3.8, 4) is 33.6 Å². The van der Waals surface area contributed by atoms with Crippen LogP contribution in [0.15, 0.2) is 108 Å². The predicted octanol–water partition coefficient (Wildman–Crippen LogP) is 8.96. The van der Waals surface area contributed by atoms with Crippen molar-refractivity contribution in [1.82, 2.24) is 9.97 Å². The molecule has 0 saturated carbocycles. The number of hydrogen-bond acceptors (Lipinski definition) is 3. The first-order valence-corrected chi connectivity index (χ1v) is 29.0. The molecule has 0 N–H and O–H groups in total. The maximum atomic E-state index is 7.90. The van der Waals surface area contributed by atoms with Crippen molar-refractivity contribution in [1.29, 1.82) is 0 Å². The number of nitrogens with zero attached hydrogens (tertiary/aromatic N) is 2. The van der Waals surface area contributed by atoms with E-state index in [9.17, 15) is 0 Å². The average molecular weight is 918 g/mol. The normalized spacial score (nSPS) is 15.4. The zero-order valence-corrected chi connectivity index (χ0v) is 33.5. The second kappa shape index (κ2) is 13.0. The Balaban J connectivity index is 0.000000238. The fourth-order valence-electron chi connectivity index (χ4n) is 6.27. The van der Waals surface area contributed by atoms with E-state index in [1.54, 1.807) is 6.07 Å². The van der Waals surface area contributed by atoms with Crippen LogP contribution in [0.2, 0.25) is 28.8 Å². The molecule has 47 heavy (non-hydrogen) atoms. The van der Waals surface area contributed by atoms with E-state index in [4.69, 9.17) is 12.6 Å². The van der Waals surface area contributed by atoms with Gasteiger partial charge in [-0.05, 0) is 0 Å². The summed E-state index contributed by atoms with van der Waals surface area (Å²) >= 11 is -4.19. The number of aromatic nitrogens is 2. The van der Waals surface area contributed by atoms with Crippen LogP contribution in [-0.2, 0) is 20.1 Å². The molecule has 0 aliphatic carbocycles. The molecule has 237 valence electrons. The minimum Gasteiger partial charge on any atom is 0 e. The first-order chi connectivity index (χ1) is 24.4. The van der Waals surface area contributed by atoms with Gasteiger partial charge < -0.3 is 0 Å². The standard InChI is InChI=1S/C27H22GeNO.C14H16GeN.Ir/c1-16-12-25(29-15-17(16)2)20-10-7-9-19-22-13-21-18-8-5-6-11-23(18)28(3,4)24(21)14-26(22)30-27(19)20;1-15(2,3)13-9-10-14(16-11-13)12-7-5-4-6-8-12;/h5-9,11-15H,1-4H3;4-7,9-11H,1-3H3;/q2*-1;/i1D3,2D3;;. The van der Waals surface area contributed by atoms with Gasteiger partial charge in [0.25, 0.3) is 0 Å². The fourth-order valence-corrected chi connectivity index (χ4v) is 14.9. The summed E-state index contributed by atoms with van der Waals surface area (Å²) in [6.07, 6.45) is 3.18. The summed E-state index contributed by atoms with van der Waals surface area (Å²) in [5.41, 5.74) is 6.26. The molecule has 0 saturated heterocycles. The SMILES string of the molecule is [2H]C([2H])([2H])c1cnc(-c2[c-]ccc3c2oc2c[c]4c(cc23)-c2cccc[c]2[Ge]4([CH3])[CH3])cc1C([2H])([2H])[2H].[CH3][Ge]([CH3])([CH3])[c]1ccc(-c2[c-]cccc2)nc1.[Ir]. The summed E-state index contributed by atoms with van der Waals surface area (Å²) in [6, 6.07) is 36.7. The second-order valence-electron chi connectivity index (χ2n) is 13.3. The van der Waals surface area contributed by atoms with Gasteiger partial charge in [-0.25, -0.2) is 0 Å². The Morgan fingerprint density at radius 1 is 0.723 bits per heavy atom. The topological polar surface area (TPSA) is 38.9 Å². The van der Waals surface area contributed by atoms with Gasteiger partial charge in [-0.15, -0.1) is 0 Å². The van der Waals surface area contributed by atoms with Crippen molar-refractivity contribution in [2.75, 3.05) is 0 Å². The molecule has 0 fully saturated rings. The average Bonchev–Trinajstić information content (AvgIpc) is 3.58. The van der Waals surface area contributed by atoms with E-state index in [0.29, 0.717) is 16.8 Å². The Hall–Kier alpha value is -3.28. The third kappa shape index (κ3) is 6.22. The van der Waals surface area contributed by atoms with E-state index in [2.05, 4.69) is 99.4 Å². The minimum atomic E-state index is -2.60. The maximum Gasteiger partial charge on any atom is 0 e. The molecule has 1 aliphatic rings. The molecule has 4 heterocycles. The molecule has 6 heteroatoms. The van der Waals surface area contributed by atoms with E-state index in [-0.39, 0.29) is 31.2 Å². The van der Waals surface area contributed by atoms with Gasteiger partial charge in [0.1, 0.15) is 0 Å². The van der Waals surface area contributed by atoms with E-state index in [1.165, 1.54) is 30.4 Å². The fraction of sp³-hybridized carbons (Fsp3) is 0.171. The van der Waals surface area contributed by atoms with Gasteiger partial charge in [0.15, 0.2) is 0 Å². The number of benzene rings is 4. The number of rotatable bonds is 3. The van der Waals surface area contributed by atoms with Gasteiger partial charge >= 0.3 is 287 Å². The zero-order chi connectivity index (χ0) is 37.2. The van der Waals surface area contributed by atoms with Crippen LogP contribution >= 0.6 is 0 Å². The van der Waals surface area contributed by atoms with E-state index in [0.717, 1.165) is 33.8 Å². The molecule has 1 aliphatic heterocycles. The van der Waals surface area contributed by atoms with Crippen molar-refractivity contribution in [3.63, 3.8) is 0 Å². The number of fused-ring (bicyclic) bond motifs is 6. The van der Waals surface area contributed by atoms with Crippen LogP contribution in [0.3, 0.4) is 0 Å². The van der Waals surface area contributed by atoms with Crippen molar-refractivity contribution in [3.05, 3.63) is 127 Å². The van der Waals surface area contributed by atoms with Crippen molar-refractivity contribution in [2.24, 2.45) is 0 Å². The van der Waals surface area contributed by atoms with Crippen LogP contribution in [0.4, 0.5) is 0 Å². The van der Waals surface area contributed by atoms with Crippen LogP contribution in [0.1, 0.15) is 19.4 Å². The van der Waals surface area contributed by atoms with Gasteiger partial charge in [0.05, 0.1) is 0 Å². The van der Waals surface area contributed by atoms with Gasteiger partial charge in [-0.3, -0.25) is 0 Å². The Morgan fingerprint density at radius 3 is 2.23 bits per heavy atom. The molecular formula is C41H38Ge2IrN2O-2. The van der Waals surface area contributed by atoms with Crippen LogP contribution in [-0.4, -0.2) is 36.5 Å². The molecule has 8 rings (SSSR count). The summed E-state index contributed by atoms with van der Waals surface area (Å²) in [5.74, 6) is 11.9. The summed E-state index contributed by atoms with van der Waals surface area (Å²) < 4.78 is 57.6. The molecule has 0 spiro atoms. The van der Waals surface area contributed by atoms with Gasteiger partial charge in [0, 0.05) is 20.1 Å². The van der Waals surface area contributed by atoms with Gasteiger partial charge in [-0.1, -0.05) is 0 Å². The summed E-state index contributed by atoms with van der Waals surface area (Å²) in [4.78, 5) is 8.86. The number of aryl methyl sites for hydroxylation is 2. The molecule has 1 radical (unpaired) electrons. The number of furan rings is 1. The summed E-state index contributed by atoms with van der Waals surface area (Å²) in [6.45, 7) is -5.19. The quantitative estimate of drug-likeness (QED) is 0.131. The van der Waals surface area contributed by atoms with Crippen molar-refractivity contribution >= 4 is 61.7 Å². The first-order valence-electron chi connectivity index (χ1n) is 18.4. The van der Waals surface area contributed by atoms with Crippen molar-refractivity contribution in [2.45, 2.75) is 42.5 Å². The van der Waals surface area contributed by atoms with Gasteiger partial charge in [0.2, 0.25) is 0 Å². The molecule has 0 amide bonds. The van der Waals surface area contributed by atoms with E-state index in [1.807, 2.05) is 36.5 Å².